The normalized spacial score (nSPS) is 16.9. The fourth-order valence-corrected chi connectivity index (χ4v) is 4.06. The number of aliphatic carboxylic acids is 1. The van der Waals surface area contributed by atoms with Crippen molar-refractivity contribution in [2.75, 3.05) is 11.9 Å². The molecule has 208 valence electrons. The number of carbonyl (C=O) groups excluding carboxylic acids is 2. The van der Waals surface area contributed by atoms with E-state index in [1.807, 2.05) is 37.3 Å². The number of hydroxylamine groups is 1. The Bertz CT molecular complexity index is 1320. The molecule has 0 bridgehead atoms. The number of hydrogen-bond donors (Lipinski definition) is 5. The number of benzene rings is 2. The predicted molar refractivity (Wildman–Crippen MR) is 134 cm³/mol. The van der Waals surface area contributed by atoms with E-state index in [-0.39, 0.29) is 5.91 Å². The van der Waals surface area contributed by atoms with E-state index in [1.165, 1.54) is 0 Å². The monoisotopic (exact) mass is 548 g/mol. The van der Waals surface area contributed by atoms with Gasteiger partial charge in [-0.2, -0.15) is 13.2 Å². The standard InChI is InChI=1S/C24H26N4O4.C2HF3O2/c1-15-13-16(19-5-2-3-7-21(19)26-15)14-32-18-10-8-17(9-11-18)27-24(30)22-20(23(29)28-31)6-4-12-25-22;3-2(4,5)1(6)7/h2-3,5,7-11,13,20,22,25,31H,4,6,12,14H2,1H3,(H,27,30)(H,28,29);(H,6,7)/t20-,22-;/m1./s1. The number of anilines is 1. The number of aryl methyl sites for hydroxylation is 1. The molecule has 2 amide bonds. The Morgan fingerprint density at radius 3 is 2.41 bits per heavy atom. The number of nitrogens with zero attached hydrogens (tertiary/aromatic N) is 1. The van der Waals surface area contributed by atoms with E-state index in [1.54, 1.807) is 29.7 Å². The second kappa shape index (κ2) is 13.0. The number of rotatable bonds is 6. The third-order valence-corrected chi connectivity index (χ3v) is 5.88. The first-order valence-corrected chi connectivity index (χ1v) is 11.9. The lowest BCUT2D eigenvalue weighted by molar-refractivity contribution is -0.192. The van der Waals surface area contributed by atoms with Gasteiger partial charge < -0.3 is 20.5 Å². The summed E-state index contributed by atoms with van der Waals surface area (Å²) in [6.07, 6.45) is -3.78. The van der Waals surface area contributed by atoms with Gasteiger partial charge in [-0.25, -0.2) is 10.3 Å². The number of carboxylic acids is 1. The molecule has 3 aromatic rings. The highest BCUT2D eigenvalue weighted by Crippen LogP contribution is 2.23. The Balaban J connectivity index is 0.000000532. The van der Waals surface area contributed by atoms with Crippen LogP contribution in [0.15, 0.2) is 54.6 Å². The Morgan fingerprint density at radius 2 is 1.77 bits per heavy atom. The summed E-state index contributed by atoms with van der Waals surface area (Å²) in [7, 11) is 0. The molecule has 1 aromatic heterocycles. The average Bonchev–Trinajstić information content (AvgIpc) is 2.91. The summed E-state index contributed by atoms with van der Waals surface area (Å²) in [4.78, 5) is 38.0. The average molecular weight is 549 g/mol. The lowest BCUT2D eigenvalue weighted by atomic mass is 9.89. The second-order valence-electron chi connectivity index (χ2n) is 8.70. The molecule has 1 aliphatic heterocycles. The molecule has 0 unspecified atom stereocenters. The molecule has 0 radical (unpaired) electrons. The van der Waals surface area contributed by atoms with Crippen molar-refractivity contribution in [3.8, 4) is 5.75 Å². The second-order valence-corrected chi connectivity index (χ2v) is 8.70. The van der Waals surface area contributed by atoms with Crippen LogP contribution >= 0.6 is 0 Å². The zero-order valence-corrected chi connectivity index (χ0v) is 20.8. The zero-order valence-electron chi connectivity index (χ0n) is 20.8. The van der Waals surface area contributed by atoms with Crippen LogP contribution in [0.2, 0.25) is 0 Å². The maximum atomic E-state index is 12.7. The van der Waals surface area contributed by atoms with Crippen LogP contribution in [-0.2, 0) is 21.0 Å². The number of hydrogen-bond acceptors (Lipinski definition) is 7. The molecule has 2 atom stereocenters. The van der Waals surface area contributed by atoms with Crippen molar-refractivity contribution in [1.82, 2.24) is 15.8 Å². The number of carboxylic acid groups (broad SMARTS) is 1. The number of aromatic nitrogens is 1. The van der Waals surface area contributed by atoms with Crippen LogP contribution in [0.5, 0.6) is 5.75 Å². The molecule has 13 heteroatoms. The summed E-state index contributed by atoms with van der Waals surface area (Å²) in [6.45, 7) is 3.01. The Kier molecular flexibility index (Phi) is 9.79. The molecule has 4 rings (SSSR count). The molecule has 0 saturated carbocycles. The minimum atomic E-state index is -5.08. The summed E-state index contributed by atoms with van der Waals surface area (Å²) in [5.74, 6) is -3.57. The highest BCUT2D eigenvalue weighted by Gasteiger charge is 2.38. The number of halogens is 3. The van der Waals surface area contributed by atoms with Gasteiger partial charge in [0, 0.05) is 22.3 Å². The SMILES string of the molecule is Cc1cc(COc2ccc(NC(=O)[C@@H]3NCCC[C@H]3C(=O)NO)cc2)c2ccccc2n1.O=C(O)C(F)(F)F. The number of piperidine rings is 1. The summed E-state index contributed by atoms with van der Waals surface area (Å²) in [6, 6.07) is 16.4. The van der Waals surface area contributed by atoms with Crippen molar-refractivity contribution in [3.63, 3.8) is 0 Å². The molecule has 5 N–H and O–H groups in total. The van der Waals surface area contributed by atoms with Gasteiger partial charge in [0.05, 0.1) is 17.5 Å². The zero-order chi connectivity index (χ0) is 28.6. The van der Waals surface area contributed by atoms with Crippen LogP contribution < -0.4 is 20.9 Å². The molecule has 0 aliphatic carbocycles. The number of alkyl halides is 3. The van der Waals surface area contributed by atoms with Gasteiger partial charge in [-0.1, -0.05) is 18.2 Å². The fraction of sp³-hybridized carbons (Fsp3) is 0.308. The molecular formula is C26H27F3N4O6. The number of para-hydroxylation sites is 1. The maximum Gasteiger partial charge on any atom is 0.490 e. The van der Waals surface area contributed by atoms with Crippen molar-refractivity contribution in [3.05, 3.63) is 65.9 Å². The number of carbonyl (C=O) groups is 3. The lowest BCUT2D eigenvalue weighted by Crippen LogP contribution is -2.53. The number of nitrogens with one attached hydrogen (secondary N) is 3. The first-order chi connectivity index (χ1) is 18.5. The van der Waals surface area contributed by atoms with Crippen molar-refractivity contribution in [1.29, 1.82) is 0 Å². The topological polar surface area (TPSA) is 150 Å². The van der Waals surface area contributed by atoms with E-state index < -0.39 is 30.0 Å². The highest BCUT2D eigenvalue weighted by molar-refractivity contribution is 5.98. The lowest BCUT2D eigenvalue weighted by Gasteiger charge is -2.29. The number of amides is 2. The number of pyridine rings is 1. The van der Waals surface area contributed by atoms with Gasteiger partial charge in [0.1, 0.15) is 12.4 Å². The summed E-state index contributed by atoms with van der Waals surface area (Å²) < 4.78 is 37.7. The third kappa shape index (κ3) is 8.12. The molecule has 10 nitrogen and oxygen atoms in total. The molecule has 1 aliphatic rings. The summed E-state index contributed by atoms with van der Waals surface area (Å²) in [5.41, 5.74) is 5.18. The predicted octanol–water partition coefficient (Wildman–Crippen LogP) is 3.57. The molecule has 1 saturated heterocycles. The van der Waals surface area contributed by atoms with Gasteiger partial charge in [0.2, 0.25) is 11.8 Å². The summed E-state index contributed by atoms with van der Waals surface area (Å²) in [5, 5.41) is 23.0. The third-order valence-electron chi connectivity index (χ3n) is 5.88. The first-order valence-electron chi connectivity index (χ1n) is 11.9. The number of ether oxygens (including phenoxy) is 1. The minimum Gasteiger partial charge on any atom is -0.489 e. The van der Waals surface area contributed by atoms with E-state index in [2.05, 4.69) is 15.6 Å². The van der Waals surface area contributed by atoms with Crippen LogP contribution in [0, 0.1) is 12.8 Å². The van der Waals surface area contributed by atoms with Gasteiger partial charge >= 0.3 is 12.1 Å². The van der Waals surface area contributed by atoms with Crippen LogP contribution in [0.1, 0.15) is 24.1 Å². The molecule has 2 heterocycles. The van der Waals surface area contributed by atoms with Crippen LogP contribution in [0.4, 0.5) is 18.9 Å². The van der Waals surface area contributed by atoms with Crippen molar-refractivity contribution < 1.29 is 42.6 Å². The Labute approximate surface area is 221 Å². The van der Waals surface area contributed by atoms with Gasteiger partial charge in [0.25, 0.3) is 0 Å². The van der Waals surface area contributed by atoms with Crippen molar-refractivity contribution >= 4 is 34.4 Å². The Hall–Kier alpha value is -4.23. The molecule has 0 spiro atoms. The molecule has 39 heavy (non-hydrogen) atoms. The van der Waals surface area contributed by atoms with E-state index in [0.717, 1.165) is 28.6 Å². The fourth-order valence-electron chi connectivity index (χ4n) is 4.06. The smallest absolute Gasteiger partial charge is 0.489 e. The van der Waals surface area contributed by atoms with Gasteiger partial charge in [-0.15, -0.1) is 0 Å². The highest BCUT2D eigenvalue weighted by atomic mass is 19.4. The molecule has 2 aromatic carbocycles. The van der Waals surface area contributed by atoms with Crippen LogP contribution in [-0.4, -0.2) is 51.8 Å². The largest absolute Gasteiger partial charge is 0.490 e. The van der Waals surface area contributed by atoms with Crippen LogP contribution in [0.3, 0.4) is 0 Å². The molecular weight excluding hydrogens is 521 g/mol. The number of fused-ring (bicyclic) bond motifs is 1. The Morgan fingerprint density at radius 1 is 1.10 bits per heavy atom. The van der Waals surface area contributed by atoms with Crippen molar-refractivity contribution in [2.45, 2.75) is 38.6 Å². The van der Waals surface area contributed by atoms with E-state index >= 15 is 0 Å². The minimum absolute atomic E-state index is 0.314. The van der Waals surface area contributed by atoms with E-state index in [9.17, 15) is 22.8 Å². The quantitative estimate of drug-likeness (QED) is 0.232. The van der Waals surface area contributed by atoms with Gasteiger partial charge in [-0.05, 0) is 62.7 Å². The molecule has 1 fully saturated rings. The van der Waals surface area contributed by atoms with E-state index in [4.69, 9.17) is 19.8 Å². The van der Waals surface area contributed by atoms with E-state index in [0.29, 0.717) is 31.0 Å². The van der Waals surface area contributed by atoms with Gasteiger partial charge in [-0.3, -0.25) is 19.8 Å². The maximum absolute atomic E-state index is 12.7. The summed E-state index contributed by atoms with van der Waals surface area (Å²) >= 11 is 0. The first kappa shape index (κ1) is 29.3. The van der Waals surface area contributed by atoms with Gasteiger partial charge in [0.15, 0.2) is 0 Å². The van der Waals surface area contributed by atoms with Crippen molar-refractivity contribution in [2.24, 2.45) is 5.92 Å². The van der Waals surface area contributed by atoms with Crippen LogP contribution in [0.25, 0.3) is 10.9 Å².